The first-order chi connectivity index (χ1) is 20.2. The minimum absolute atomic E-state index is 0.0552. The molecule has 0 heterocycles. The van der Waals surface area contributed by atoms with Gasteiger partial charge in [0.15, 0.2) is 11.7 Å². The van der Waals surface area contributed by atoms with Crippen LogP contribution in [0.4, 0.5) is 5.69 Å². The number of amidine groups is 2. The van der Waals surface area contributed by atoms with Crippen molar-refractivity contribution in [2.24, 2.45) is 21.8 Å². The van der Waals surface area contributed by atoms with Gasteiger partial charge in [0, 0.05) is 29.3 Å². The van der Waals surface area contributed by atoms with E-state index in [0.717, 1.165) is 10.8 Å². The summed E-state index contributed by atoms with van der Waals surface area (Å²) >= 11 is 0. The molecule has 0 aliphatic rings. The van der Waals surface area contributed by atoms with Crippen LogP contribution >= 0.6 is 0 Å². The third kappa shape index (κ3) is 6.35. The Labute approximate surface area is 241 Å². The van der Waals surface area contributed by atoms with Gasteiger partial charge in [-0.3, -0.25) is 4.72 Å². The van der Waals surface area contributed by atoms with Crippen molar-refractivity contribution >= 4 is 38.2 Å². The molecule has 5 aromatic rings. The van der Waals surface area contributed by atoms with Gasteiger partial charge in [0.2, 0.25) is 0 Å². The Bertz CT molecular complexity index is 1830. The lowest BCUT2D eigenvalue weighted by atomic mass is 10.1. The molecule has 212 valence electrons. The van der Waals surface area contributed by atoms with E-state index in [2.05, 4.69) is 15.0 Å². The van der Waals surface area contributed by atoms with Crippen LogP contribution < -0.4 is 25.7 Å². The second-order valence-corrected chi connectivity index (χ2v) is 10.7. The summed E-state index contributed by atoms with van der Waals surface area (Å²) in [6, 6.07) is 29.9. The van der Waals surface area contributed by atoms with Crippen molar-refractivity contribution in [3.05, 3.63) is 120 Å². The number of hydrogen-bond acceptors (Lipinski definition) is 8. The third-order valence-electron chi connectivity index (χ3n) is 6.15. The predicted molar refractivity (Wildman–Crippen MR) is 159 cm³/mol. The van der Waals surface area contributed by atoms with Crippen molar-refractivity contribution < 1.29 is 28.3 Å². The number of fused-ring (bicyclic) bond motifs is 1. The van der Waals surface area contributed by atoms with Crippen molar-refractivity contribution in [3.63, 3.8) is 0 Å². The first kappa shape index (κ1) is 27.8. The molecule has 11 nitrogen and oxygen atoms in total. The van der Waals surface area contributed by atoms with E-state index in [0.29, 0.717) is 22.6 Å². The molecule has 5 rings (SSSR count). The van der Waals surface area contributed by atoms with Crippen molar-refractivity contribution in [1.82, 2.24) is 0 Å². The zero-order valence-electron chi connectivity index (χ0n) is 21.9. The fourth-order valence-electron chi connectivity index (χ4n) is 4.07. The molecule has 12 heteroatoms. The highest BCUT2D eigenvalue weighted by Crippen LogP contribution is 2.34. The van der Waals surface area contributed by atoms with E-state index in [-0.39, 0.29) is 33.8 Å². The molecule has 42 heavy (non-hydrogen) atoms. The Morgan fingerprint density at radius 1 is 0.619 bits per heavy atom. The largest absolute Gasteiger partial charge is 0.457 e. The lowest BCUT2D eigenvalue weighted by molar-refractivity contribution is 0.318. The number of hydrogen-bond donors (Lipinski definition) is 5. The van der Waals surface area contributed by atoms with Gasteiger partial charge in [-0.25, -0.2) is 8.42 Å². The Morgan fingerprint density at radius 3 is 1.62 bits per heavy atom. The zero-order chi connectivity index (χ0) is 29.7. The number of ether oxygens (including phenoxy) is 2. The van der Waals surface area contributed by atoms with Crippen LogP contribution in [0.2, 0.25) is 0 Å². The maximum absolute atomic E-state index is 13.4. The van der Waals surface area contributed by atoms with Crippen molar-refractivity contribution in [2.75, 3.05) is 4.72 Å². The van der Waals surface area contributed by atoms with Gasteiger partial charge in [0.05, 0.1) is 10.6 Å². The van der Waals surface area contributed by atoms with E-state index >= 15 is 0 Å². The molecule has 0 bridgehead atoms. The van der Waals surface area contributed by atoms with E-state index in [1.165, 1.54) is 18.2 Å². The fraction of sp³-hybridized carbons (Fsp3) is 0. The highest BCUT2D eigenvalue weighted by molar-refractivity contribution is 7.92. The molecule has 0 aliphatic carbocycles. The molecular weight excluding hydrogens is 558 g/mol. The maximum Gasteiger partial charge on any atom is 0.261 e. The summed E-state index contributed by atoms with van der Waals surface area (Å²) in [5, 5.41) is 25.4. The molecule has 0 saturated carbocycles. The van der Waals surface area contributed by atoms with Crippen LogP contribution in [0.15, 0.2) is 124 Å². The molecule has 0 spiro atoms. The summed E-state index contributed by atoms with van der Waals surface area (Å²) in [5.74, 6) is 1.25. The molecule has 0 fully saturated rings. The highest BCUT2D eigenvalue weighted by Gasteiger charge is 2.17. The van der Waals surface area contributed by atoms with Gasteiger partial charge in [-0.1, -0.05) is 40.6 Å². The summed E-state index contributed by atoms with van der Waals surface area (Å²) < 4.78 is 41.3. The summed E-state index contributed by atoms with van der Waals surface area (Å²) in [5.41, 5.74) is 12.4. The standard InChI is InChI=1S/C30H25N5O6S/c31-29(33-36)20-5-10-24(11-6-20)40-26-16-23(17-27(18-26)41-25-12-7-21(8-13-25)30(32)34-37)35-42(38,39)28-14-9-19-3-1-2-4-22(19)15-28/h1-18,35-37H,(H2,31,33)(H2,32,34). The molecular formula is C30H25N5O6S. The Morgan fingerprint density at radius 2 is 1.12 bits per heavy atom. The van der Waals surface area contributed by atoms with E-state index in [4.69, 9.17) is 31.4 Å². The van der Waals surface area contributed by atoms with Gasteiger partial charge in [-0.2, -0.15) is 0 Å². The van der Waals surface area contributed by atoms with Crippen LogP contribution in [-0.2, 0) is 10.0 Å². The second kappa shape index (κ2) is 11.8. The van der Waals surface area contributed by atoms with Gasteiger partial charge in [0.25, 0.3) is 10.0 Å². The van der Waals surface area contributed by atoms with E-state index in [1.807, 2.05) is 24.3 Å². The Hall–Kier alpha value is -5.75. The SMILES string of the molecule is NC(=NO)c1ccc(Oc2cc(NS(=O)(=O)c3ccc4ccccc4c3)cc(Oc3ccc(C(N)=NO)cc3)c2)cc1. The molecule has 0 radical (unpaired) electrons. The first-order valence-electron chi connectivity index (χ1n) is 12.4. The van der Waals surface area contributed by atoms with Crippen LogP contribution in [0.5, 0.6) is 23.0 Å². The molecule has 0 aromatic heterocycles. The Kier molecular flexibility index (Phi) is 7.80. The van der Waals surface area contributed by atoms with Crippen LogP contribution in [0.3, 0.4) is 0 Å². The highest BCUT2D eigenvalue weighted by atomic mass is 32.2. The zero-order valence-corrected chi connectivity index (χ0v) is 22.7. The summed E-state index contributed by atoms with van der Waals surface area (Å²) in [6.07, 6.45) is 0. The number of oxime groups is 2. The predicted octanol–water partition coefficient (Wildman–Crippen LogP) is 5.41. The third-order valence-corrected chi connectivity index (χ3v) is 7.53. The molecule has 0 aliphatic heterocycles. The van der Waals surface area contributed by atoms with E-state index in [1.54, 1.807) is 66.7 Å². The van der Waals surface area contributed by atoms with Crippen molar-refractivity contribution in [1.29, 1.82) is 0 Å². The molecule has 0 amide bonds. The average molecular weight is 584 g/mol. The van der Waals surface area contributed by atoms with Gasteiger partial charge in [-0.15, -0.1) is 0 Å². The smallest absolute Gasteiger partial charge is 0.261 e. The number of nitrogens with zero attached hydrogens (tertiary/aromatic N) is 2. The van der Waals surface area contributed by atoms with E-state index < -0.39 is 10.0 Å². The lowest BCUT2D eigenvalue weighted by Crippen LogP contribution is -2.13. The fourth-order valence-corrected chi connectivity index (χ4v) is 5.15. The Balaban J connectivity index is 1.47. The number of nitrogens with one attached hydrogen (secondary N) is 1. The van der Waals surface area contributed by atoms with Gasteiger partial charge < -0.3 is 31.4 Å². The lowest BCUT2D eigenvalue weighted by Gasteiger charge is -2.14. The van der Waals surface area contributed by atoms with Crippen LogP contribution in [0.1, 0.15) is 11.1 Å². The maximum atomic E-state index is 13.4. The number of nitrogens with two attached hydrogens (primary N) is 2. The van der Waals surface area contributed by atoms with Crippen molar-refractivity contribution in [3.8, 4) is 23.0 Å². The number of rotatable bonds is 9. The molecule has 0 atom stereocenters. The van der Waals surface area contributed by atoms with Crippen molar-refractivity contribution in [2.45, 2.75) is 4.90 Å². The number of anilines is 1. The minimum Gasteiger partial charge on any atom is -0.457 e. The van der Waals surface area contributed by atoms with Gasteiger partial charge >= 0.3 is 0 Å². The van der Waals surface area contributed by atoms with Crippen LogP contribution in [-0.4, -0.2) is 30.5 Å². The summed E-state index contributed by atoms with van der Waals surface area (Å²) in [4.78, 5) is 0.0902. The van der Waals surface area contributed by atoms with Crippen LogP contribution in [0, 0.1) is 0 Å². The molecule has 7 N–H and O–H groups in total. The van der Waals surface area contributed by atoms with Gasteiger partial charge in [0.1, 0.15) is 23.0 Å². The molecule has 5 aromatic carbocycles. The second-order valence-electron chi connectivity index (χ2n) is 9.03. The quantitative estimate of drug-likeness (QED) is 0.0660. The summed E-state index contributed by atoms with van der Waals surface area (Å²) in [7, 11) is -3.98. The average Bonchev–Trinajstić information content (AvgIpc) is 3.00. The minimum atomic E-state index is -3.98. The first-order valence-corrected chi connectivity index (χ1v) is 13.9. The van der Waals surface area contributed by atoms with E-state index in [9.17, 15) is 8.42 Å². The monoisotopic (exact) mass is 583 g/mol. The number of benzene rings is 5. The normalized spacial score (nSPS) is 12.2. The van der Waals surface area contributed by atoms with Gasteiger partial charge in [-0.05, 0) is 71.4 Å². The number of sulfonamides is 1. The topological polar surface area (TPSA) is 182 Å². The molecule has 0 saturated heterocycles. The summed E-state index contributed by atoms with van der Waals surface area (Å²) in [6.45, 7) is 0. The van der Waals surface area contributed by atoms with Crippen LogP contribution in [0.25, 0.3) is 10.8 Å². The molecule has 0 unspecified atom stereocenters.